The molecule has 24 heavy (non-hydrogen) atoms. The lowest BCUT2D eigenvalue weighted by atomic mass is 10.1. The number of benzene rings is 1. The first-order chi connectivity index (χ1) is 11.7. The van der Waals surface area contributed by atoms with Crippen molar-refractivity contribution in [1.29, 1.82) is 5.41 Å². The minimum Gasteiger partial charge on any atom is -0.486 e. The summed E-state index contributed by atoms with van der Waals surface area (Å²) < 4.78 is 25.0. The number of alkyl halides is 1. The van der Waals surface area contributed by atoms with E-state index in [4.69, 9.17) is 14.9 Å². The molecule has 2 aromatic rings. The van der Waals surface area contributed by atoms with E-state index in [0.29, 0.717) is 18.7 Å². The summed E-state index contributed by atoms with van der Waals surface area (Å²) in [7, 11) is 0. The Balaban J connectivity index is 1.84. The molecule has 6 heteroatoms. The number of hydrogen-bond acceptors (Lipinski definition) is 4. The second-order valence-corrected chi connectivity index (χ2v) is 5.49. The number of rotatable bonds is 5. The molecule has 0 unspecified atom stereocenters. The van der Waals surface area contributed by atoms with Gasteiger partial charge in [-0.15, -0.1) is 0 Å². The molecule has 0 saturated carbocycles. The van der Waals surface area contributed by atoms with Crippen molar-refractivity contribution in [2.75, 3.05) is 31.7 Å². The zero-order chi connectivity index (χ0) is 16.9. The fourth-order valence-electron chi connectivity index (χ4n) is 2.50. The van der Waals surface area contributed by atoms with Crippen molar-refractivity contribution in [1.82, 2.24) is 4.57 Å². The van der Waals surface area contributed by atoms with Crippen LogP contribution in [0, 0.1) is 5.41 Å². The molecule has 0 atom stereocenters. The molecule has 0 spiro atoms. The number of hydrogen-bond donors (Lipinski definition) is 2. The third kappa shape index (κ3) is 3.59. The van der Waals surface area contributed by atoms with Crippen LogP contribution in [-0.4, -0.2) is 31.0 Å². The second kappa shape index (κ2) is 7.21. The van der Waals surface area contributed by atoms with Gasteiger partial charge in [0.05, 0.1) is 0 Å². The van der Waals surface area contributed by atoms with Crippen molar-refractivity contribution >= 4 is 17.5 Å². The Hall–Kier alpha value is -2.76. The van der Waals surface area contributed by atoms with Crippen LogP contribution in [0.4, 0.5) is 10.1 Å². The summed E-state index contributed by atoms with van der Waals surface area (Å²) in [5.41, 5.74) is 3.05. The molecule has 0 fully saturated rings. The van der Waals surface area contributed by atoms with Crippen LogP contribution in [0.3, 0.4) is 0 Å². The van der Waals surface area contributed by atoms with Crippen LogP contribution in [0.2, 0.25) is 0 Å². The molecule has 1 aliphatic rings. The van der Waals surface area contributed by atoms with Gasteiger partial charge in [-0.2, -0.15) is 0 Å². The normalized spacial score (nSPS) is 13.7. The van der Waals surface area contributed by atoms with E-state index in [9.17, 15) is 4.39 Å². The van der Waals surface area contributed by atoms with Gasteiger partial charge in [-0.3, -0.25) is 5.41 Å². The highest BCUT2D eigenvalue weighted by Crippen LogP contribution is 2.32. The number of pyridine rings is 1. The van der Waals surface area contributed by atoms with Gasteiger partial charge in [0.1, 0.15) is 25.4 Å². The lowest BCUT2D eigenvalue weighted by Crippen LogP contribution is -2.16. The summed E-state index contributed by atoms with van der Waals surface area (Å²) >= 11 is 0. The molecule has 3 rings (SSSR count). The fraction of sp³-hybridized carbons (Fsp3) is 0.278. The van der Waals surface area contributed by atoms with Gasteiger partial charge < -0.3 is 19.4 Å². The Labute approximate surface area is 139 Å². The molecule has 0 radical (unpaired) electrons. The molecule has 2 N–H and O–H groups in total. The zero-order valence-electron chi connectivity index (χ0n) is 13.5. The molecule has 5 nitrogen and oxygen atoms in total. The van der Waals surface area contributed by atoms with Gasteiger partial charge in [-0.1, -0.05) is 6.07 Å². The first kappa shape index (κ1) is 16.1. The standard InChI is InChI=1S/C18H20FN3O2/c1-13(14-2-3-16-17(10-14)24-9-8-23-16)12-22-7-4-15(11-18(22)20)21-6-5-19/h2-4,7,10-12,20-21H,5-6,8-9H2,1H3/b13-12+,20-18?. The molecule has 0 amide bonds. The Bertz CT molecular complexity index is 814. The maximum atomic E-state index is 12.2. The Kier molecular flexibility index (Phi) is 4.84. The molecule has 0 saturated heterocycles. The summed E-state index contributed by atoms with van der Waals surface area (Å²) in [4.78, 5) is 0. The van der Waals surface area contributed by atoms with E-state index in [0.717, 1.165) is 28.3 Å². The van der Waals surface area contributed by atoms with Crippen LogP contribution in [0.5, 0.6) is 11.5 Å². The number of ether oxygens (including phenoxy) is 2. The van der Waals surface area contributed by atoms with Crippen molar-refractivity contribution in [2.45, 2.75) is 6.92 Å². The fourth-order valence-corrected chi connectivity index (χ4v) is 2.50. The molecule has 126 valence electrons. The Morgan fingerprint density at radius 1 is 1.25 bits per heavy atom. The van der Waals surface area contributed by atoms with Gasteiger partial charge in [-0.25, -0.2) is 4.39 Å². The van der Waals surface area contributed by atoms with E-state index in [1.54, 1.807) is 16.8 Å². The molecule has 1 aliphatic heterocycles. The van der Waals surface area contributed by atoms with Crippen LogP contribution in [-0.2, 0) is 0 Å². The Morgan fingerprint density at radius 2 is 2.04 bits per heavy atom. The van der Waals surface area contributed by atoms with Gasteiger partial charge in [0.15, 0.2) is 11.5 Å². The summed E-state index contributed by atoms with van der Waals surface area (Å²) in [6.45, 7) is 2.91. The van der Waals surface area contributed by atoms with E-state index in [1.165, 1.54) is 0 Å². The SMILES string of the molecule is C/C(=C\n1ccc(NCCF)cc1=N)c1ccc2c(c1)OCCO2. The number of allylic oxidation sites excluding steroid dienone is 1. The third-order valence-electron chi connectivity index (χ3n) is 3.74. The van der Waals surface area contributed by atoms with Crippen LogP contribution in [0.15, 0.2) is 36.5 Å². The number of aromatic nitrogens is 1. The first-order valence-electron chi connectivity index (χ1n) is 7.82. The van der Waals surface area contributed by atoms with Crippen molar-refractivity contribution in [3.05, 3.63) is 47.6 Å². The highest BCUT2D eigenvalue weighted by molar-refractivity contribution is 5.75. The molecule has 0 bridgehead atoms. The minimum atomic E-state index is -0.439. The number of fused-ring (bicyclic) bond motifs is 1. The van der Waals surface area contributed by atoms with E-state index in [1.807, 2.05) is 37.4 Å². The van der Waals surface area contributed by atoms with Gasteiger partial charge >= 0.3 is 0 Å². The number of anilines is 1. The molecular formula is C18H20FN3O2. The average molecular weight is 329 g/mol. The maximum Gasteiger partial charge on any atom is 0.161 e. The van der Waals surface area contributed by atoms with Gasteiger partial charge in [0, 0.05) is 30.7 Å². The molecule has 1 aromatic carbocycles. The topological polar surface area (TPSA) is 59.3 Å². The van der Waals surface area contributed by atoms with Crippen LogP contribution in [0.1, 0.15) is 12.5 Å². The predicted octanol–water partition coefficient (Wildman–Crippen LogP) is 3.14. The zero-order valence-corrected chi connectivity index (χ0v) is 13.5. The summed E-state index contributed by atoms with van der Waals surface area (Å²) in [5, 5.41) is 11.0. The predicted molar refractivity (Wildman–Crippen MR) is 92.0 cm³/mol. The van der Waals surface area contributed by atoms with Crippen LogP contribution < -0.4 is 20.3 Å². The van der Waals surface area contributed by atoms with E-state index in [-0.39, 0.29) is 6.54 Å². The minimum absolute atomic E-state index is 0.246. The van der Waals surface area contributed by atoms with Gasteiger partial charge in [0.25, 0.3) is 0 Å². The lowest BCUT2D eigenvalue weighted by Gasteiger charge is -2.19. The summed E-state index contributed by atoms with van der Waals surface area (Å²) in [5.74, 6) is 1.50. The van der Waals surface area contributed by atoms with Gasteiger partial charge in [-0.05, 0) is 36.3 Å². The Morgan fingerprint density at radius 3 is 2.79 bits per heavy atom. The summed E-state index contributed by atoms with van der Waals surface area (Å²) in [6, 6.07) is 9.31. The van der Waals surface area contributed by atoms with Crippen molar-refractivity contribution < 1.29 is 13.9 Å². The van der Waals surface area contributed by atoms with Crippen molar-refractivity contribution in [3.8, 4) is 11.5 Å². The quantitative estimate of drug-likeness (QED) is 0.886. The van der Waals surface area contributed by atoms with E-state index in [2.05, 4.69) is 5.32 Å². The van der Waals surface area contributed by atoms with E-state index >= 15 is 0 Å². The second-order valence-electron chi connectivity index (χ2n) is 5.49. The number of nitrogens with zero attached hydrogens (tertiary/aromatic N) is 1. The molecular weight excluding hydrogens is 309 g/mol. The molecule has 0 aliphatic carbocycles. The average Bonchev–Trinajstić information content (AvgIpc) is 2.61. The van der Waals surface area contributed by atoms with Crippen molar-refractivity contribution in [2.24, 2.45) is 0 Å². The van der Waals surface area contributed by atoms with Crippen LogP contribution in [0.25, 0.3) is 11.8 Å². The van der Waals surface area contributed by atoms with Crippen LogP contribution >= 0.6 is 0 Å². The highest BCUT2D eigenvalue weighted by Gasteiger charge is 2.12. The largest absolute Gasteiger partial charge is 0.486 e. The maximum absolute atomic E-state index is 12.2. The monoisotopic (exact) mass is 329 g/mol. The van der Waals surface area contributed by atoms with E-state index < -0.39 is 6.67 Å². The smallest absolute Gasteiger partial charge is 0.161 e. The van der Waals surface area contributed by atoms with Gasteiger partial charge in [0.2, 0.25) is 0 Å². The molecule has 2 heterocycles. The van der Waals surface area contributed by atoms with Crippen molar-refractivity contribution in [3.63, 3.8) is 0 Å². The summed E-state index contributed by atoms with van der Waals surface area (Å²) in [6.07, 6.45) is 3.66. The number of halogens is 1. The first-order valence-corrected chi connectivity index (χ1v) is 7.82. The third-order valence-corrected chi connectivity index (χ3v) is 3.74. The molecule has 1 aromatic heterocycles. The number of nitrogens with one attached hydrogen (secondary N) is 2. The highest BCUT2D eigenvalue weighted by atomic mass is 19.1. The lowest BCUT2D eigenvalue weighted by molar-refractivity contribution is 0.171.